The van der Waals surface area contributed by atoms with Crippen molar-refractivity contribution in [3.05, 3.63) is 53.6 Å². The van der Waals surface area contributed by atoms with Crippen molar-refractivity contribution < 1.29 is 22.7 Å². The van der Waals surface area contributed by atoms with E-state index in [1.807, 2.05) is 38.1 Å². The summed E-state index contributed by atoms with van der Waals surface area (Å²) in [4.78, 5) is 27.9. The summed E-state index contributed by atoms with van der Waals surface area (Å²) in [6, 6.07) is 11.9. The number of ether oxygens (including phenoxy) is 1. The fourth-order valence-electron chi connectivity index (χ4n) is 3.80. The summed E-state index contributed by atoms with van der Waals surface area (Å²) < 4.78 is 31.6. The number of hydrogen-bond acceptors (Lipinski definition) is 5. The van der Waals surface area contributed by atoms with Gasteiger partial charge in [0, 0.05) is 31.1 Å². The molecule has 9 heteroatoms. The van der Waals surface area contributed by atoms with Gasteiger partial charge < -0.3 is 15.0 Å². The minimum Gasteiger partial charge on any atom is -0.494 e. The van der Waals surface area contributed by atoms with Crippen molar-refractivity contribution in [2.24, 2.45) is 5.92 Å². The Hall–Kier alpha value is -3.07. The zero-order valence-corrected chi connectivity index (χ0v) is 20.2. The Morgan fingerprint density at radius 3 is 2.48 bits per heavy atom. The second kappa shape index (κ2) is 10.2. The van der Waals surface area contributed by atoms with Gasteiger partial charge >= 0.3 is 0 Å². The van der Waals surface area contributed by atoms with E-state index in [-0.39, 0.29) is 34.9 Å². The maximum absolute atomic E-state index is 13.3. The van der Waals surface area contributed by atoms with Gasteiger partial charge in [0.25, 0.3) is 0 Å². The lowest BCUT2D eigenvalue weighted by molar-refractivity contribution is -0.140. The average molecular weight is 474 g/mol. The van der Waals surface area contributed by atoms with Crippen molar-refractivity contribution in [2.45, 2.75) is 46.2 Å². The highest BCUT2D eigenvalue weighted by Gasteiger charge is 2.34. The second-order valence-electron chi connectivity index (χ2n) is 8.52. The van der Waals surface area contributed by atoms with Crippen LogP contribution in [0.25, 0.3) is 0 Å². The van der Waals surface area contributed by atoms with Crippen molar-refractivity contribution in [1.29, 1.82) is 0 Å². The molecule has 0 spiro atoms. The molecule has 1 atom stereocenters. The van der Waals surface area contributed by atoms with Crippen LogP contribution in [0.1, 0.15) is 38.3 Å². The summed E-state index contributed by atoms with van der Waals surface area (Å²) in [7, 11) is -2.05. The molecule has 1 heterocycles. The number of amides is 2. The van der Waals surface area contributed by atoms with Gasteiger partial charge in [-0.15, -0.1) is 0 Å². The van der Waals surface area contributed by atoms with Crippen LogP contribution in [0, 0.1) is 5.92 Å². The van der Waals surface area contributed by atoms with Gasteiger partial charge in [-0.25, -0.2) is 8.42 Å². The van der Waals surface area contributed by atoms with E-state index < -0.39 is 16.1 Å². The zero-order chi connectivity index (χ0) is 24.2. The molecule has 33 heavy (non-hydrogen) atoms. The molecule has 2 N–H and O–H groups in total. The van der Waals surface area contributed by atoms with Crippen molar-refractivity contribution >= 4 is 33.2 Å². The molecule has 1 aliphatic heterocycles. The van der Waals surface area contributed by atoms with Gasteiger partial charge in [-0.2, -0.15) is 0 Å². The van der Waals surface area contributed by atoms with E-state index in [1.54, 1.807) is 23.1 Å². The molecule has 0 aromatic heterocycles. The van der Waals surface area contributed by atoms with Crippen LogP contribution in [0.5, 0.6) is 5.75 Å². The number of fused-ring (bicyclic) bond motifs is 1. The Morgan fingerprint density at radius 1 is 1.15 bits per heavy atom. The number of carbonyl (C=O) groups excluding carboxylic acids is 2. The largest absolute Gasteiger partial charge is 0.494 e. The van der Waals surface area contributed by atoms with Gasteiger partial charge in [0.15, 0.2) is 0 Å². The lowest BCUT2D eigenvalue weighted by Crippen LogP contribution is -2.50. The second-order valence-corrected chi connectivity index (χ2v) is 10.5. The molecule has 0 aliphatic carbocycles. The van der Waals surface area contributed by atoms with Crippen LogP contribution in [0.3, 0.4) is 0 Å². The molecule has 2 aromatic rings. The maximum Gasteiger partial charge on any atom is 0.247 e. The van der Waals surface area contributed by atoms with Crippen molar-refractivity contribution in [2.75, 3.05) is 22.9 Å². The maximum atomic E-state index is 13.3. The lowest BCUT2D eigenvalue weighted by atomic mass is 9.92. The summed E-state index contributed by atoms with van der Waals surface area (Å²) in [6.07, 6.45) is 0.795. The first-order chi connectivity index (χ1) is 15.6. The van der Waals surface area contributed by atoms with Crippen LogP contribution in [0.2, 0.25) is 0 Å². The quantitative estimate of drug-likeness (QED) is 0.611. The predicted molar refractivity (Wildman–Crippen MR) is 129 cm³/mol. The Labute approximate surface area is 195 Å². The fourth-order valence-corrected chi connectivity index (χ4v) is 4.45. The Morgan fingerprint density at radius 2 is 1.85 bits per heavy atom. The first-order valence-electron chi connectivity index (χ1n) is 11.0. The molecule has 2 amide bonds. The molecule has 0 radical (unpaired) electrons. The number of nitrogens with one attached hydrogen (secondary N) is 2. The van der Waals surface area contributed by atoms with Crippen LogP contribution >= 0.6 is 0 Å². The number of carbonyl (C=O) groups is 2. The van der Waals surface area contributed by atoms with E-state index in [4.69, 9.17) is 4.74 Å². The first-order valence-corrected chi connectivity index (χ1v) is 12.6. The predicted octanol–water partition coefficient (Wildman–Crippen LogP) is 3.39. The number of methoxy groups -OCH3 is 1. The van der Waals surface area contributed by atoms with Crippen LogP contribution in [0.4, 0.5) is 11.4 Å². The molecule has 0 fully saturated rings. The summed E-state index contributed by atoms with van der Waals surface area (Å²) in [5, 5.41) is 2.87. The number of nitrogens with zero attached hydrogens (tertiary/aromatic N) is 1. The molecular formula is C24H31N3O5S. The van der Waals surface area contributed by atoms with Crippen molar-refractivity contribution in [3.8, 4) is 5.75 Å². The highest BCUT2D eigenvalue weighted by molar-refractivity contribution is 7.92. The molecule has 1 aliphatic rings. The van der Waals surface area contributed by atoms with Gasteiger partial charge in [0.05, 0.1) is 18.6 Å². The molecule has 0 bridgehead atoms. The smallest absolute Gasteiger partial charge is 0.247 e. The molecule has 2 aromatic carbocycles. The van der Waals surface area contributed by atoms with Gasteiger partial charge in [-0.05, 0) is 36.1 Å². The number of anilines is 2. The van der Waals surface area contributed by atoms with Gasteiger partial charge in [-0.3, -0.25) is 14.3 Å². The monoisotopic (exact) mass is 473 g/mol. The van der Waals surface area contributed by atoms with Crippen LogP contribution < -0.4 is 14.8 Å². The highest BCUT2D eigenvalue weighted by atomic mass is 32.2. The topological polar surface area (TPSA) is 105 Å². The SMILES string of the molecule is CCS(=O)(=O)Nc1ccc(NC(=O)C2Cc3ccccc3CN2C(=O)CC(C)C)cc1OC. The Bertz CT molecular complexity index is 1130. The van der Waals surface area contributed by atoms with Crippen LogP contribution in [0.15, 0.2) is 42.5 Å². The molecule has 3 rings (SSSR count). The van der Waals surface area contributed by atoms with E-state index >= 15 is 0 Å². The molecule has 0 saturated heterocycles. The summed E-state index contributed by atoms with van der Waals surface area (Å²) in [5.41, 5.74) is 2.84. The van der Waals surface area contributed by atoms with Crippen LogP contribution in [-0.4, -0.2) is 44.0 Å². The molecule has 1 unspecified atom stereocenters. The van der Waals surface area contributed by atoms with Gasteiger partial charge in [0.1, 0.15) is 11.8 Å². The van der Waals surface area contributed by atoms with E-state index in [0.717, 1.165) is 11.1 Å². The fraction of sp³-hybridized carbons (Fsp3) is 0.417. The average Bonchev–Trinajstić information content (AvgIpc) is 2.78. The third kappa shape index (κ3) is 6.04. The van der Waals surface area contributed by atoms with Crippen molar-refractivity contribution in [3.63, 3.8) is 0 Å². The minimum atomic E-state index is -3.47. The molecule has 0 saturated carbocycles. The van der Waals surface area contributed by atoms with E-state index in [0.29, 0.717) is 25.1 Å². The highest BCUT2D eigenvalue weighted by Crippen LogP contribution is 2.30. The number of benzene rings is 2. The minimum absolute atomic E-state index is 0.0541. The summed E-state index contributed by atoms with van der Waals surface area (Å²) >= 11 is 0. The van der Waals surface area contributed by atoms with E-state index in [9.17, 15) is 18.0 Å². The van der Waals surface area contributed by atoms with E-state index in [2.05, 4.69) is 10.0 Å². The van der Waals surface area contributed by atoms with Gasteiger partial charge in [-0.1, -0.05) is 38.1 Å². The Kier molecular flexibility index (Phi) is 7.63. The van der Waals surface area contributed by atoms with Gasteiger partial charge in [0.2, 0.25) is 21.8 Å². The standard InChI is InChI=1S/C24H31N3O5S/c1-5-33(30,31)26-20-11-10-19(14-22(20)32-4)25-24(29)21-13-17-8-6-7-9-18(17)15-27(21)23(28)12-16(2)3/h6-11,14,16,21,26H,5,12-13,15H2,1-4H3,(H,25,29). The number of sulfonamides is 1. The Balaban J connectivity index is 1.84. The van der Waals surface area contributed by atoms with Crippen molar-refractivity contribution in [1.82, 2.24) is 4.90 Å². The molecule has 8 nitrogen and oxygen atoms in total. The molecule has 178 valence electrons. The summed E-state index contributed by atoms with van der Waals surface area (Å²) in [5.74, 6) is 0.0404. The molecular weight excluding hydrogens is 442 g/mol. The lowest BCUT2D eigenvalue weighted by Gasteiger charge is -2.36. The normalized spacial score (nSPS) is 15.7. The third-order valence-corrected chi connectivity index (χ3v) is 6.86. The zero-order valence-electron chi connectivity index (χ0n) is 19.4. The third-order valence-electron chi connectivity index (χ3n) is 5.57. The summed E-state index contributed by atoms with van der Waals surface area (Å²) in [6.45, 7) is 5.88. The van der Waals surface area contributed by atoms with E-state index in [1.165, 1.54) is 14.0 Å². The van der Waals surface area contributed by atoms with Crippen LogP contribution in [-0.2, 0) is 32.6 Å². The number of rotatable bonds is 8. The number of hydrogen-bond donors (Lipinski definition) is 2. The first kappa shape index (κ1) is 24.6.